The van der Waals surface area contributed by atoms with Crippen LogP contribution in [0.2, 0.25) is 0 Å². The molecule has 4 aromatic rings. The van der Waals surface area contributed by atoms with Gasteiger partial charge in [0, 0.05) is 42.9 Å². The zero-order chi connectivity index (χ0) is 45.1. The number of phenolic OH excluding ortho intramolecular Hbond substituents is 1. The third-order valence-electron chi connectivity index (χ3n) is 10.5. The number of hydrogen-bond acceptors (Lipinski definition) is 11. The SMILES string of the molecule is Cc1cc(-c2ccc(CC(C)C)cc2)ncc1C(=O)NC(CCN)C(=O)N(C)C1C(=O)NC(C)C(=O)NC(C(=O)NCC#N)Cc2ccc(O)c(c2)-c2cc1ccc2OCCN. The summed E-state index contributed by atoms with van der Waals surface area (Å²) in [6.45, 7) is 7.52. The van der Waals surface area contributed by atoms with Gasteiger partial charge in [-0.3, -0.25) is 29.0 Å². The van der Waals surface area contributed by atoms with Crippen LogP contribution in [0, 0.1) is 24.2 Å². The summed E-state index contributed by atoms with van der Waals surface area (Å²) in [4.78, 5) is 75.3. The van der Waals surface area contributed by atoms with Crippen molar-refractivity contribution in [2.45, 2.75) is 71.1 Å². The van der Waals surface area contributed by atoms with Crippen molar-refractivity contribution in [3.63, 3.8) is 0 Å². The quantitative estimate of drug-likeness (QED) is 0.0909. The third-order valence-corrected chi connectivity index (χ3v) is 10.5. The van der Waals surface area contributed by atoms with E-state index in [4.69, 9.17) is 21.5 Å². The van der Waals surface area contributed by atoms with Gasteiger partial charge in [0.1, 0.15) is 48.8 Å². The first-order valence-corrected chi connectivity index (χ1v) is 20.5. The minimum atomic E-state index is -1.41. The molecule has 4 atom stereocenters. The number of pyridine rings is 1. The molecule has 0 aliphatic carbocycles. The molecule has 5 amide bonds. The lowest BCUT2D eigenvalue weighted by Gasteiger charge is -2.32. The Bertz CT molecular complexity index is 2330. The summed E-state index contributed by atoms with van der Waals surface area (Å²) < 4.78 is 5.97. The van der Waals surface area contributed by atoms with Gasteiger partial charge >= 0.3 is 0 Å². The number of ether oxygens (including phenoxy) is 1. The average Bonchev–Trinajstić information content (AvgIpc) is 3.24. The van der Waals surface area contributed by atoms with Crippen molar-refractivity contribution in [2.24, 2.45) is 17.4 Å². The van der Waals surface area contributed by atoms with E-state index >= 15 is 0 Å². The van der Waals surface area contributed by atoms with Gasteiger partial charge < -0.3 is 47.5 Å². The van der Waals surface area contributed by atoms with Crippen LogP contribution >= 0.6 is 0 Å². The molecule has 0 saturated heterocycles. The van der Waals surface area contributed by atoms with E-state index in [0.717, 1.165) is 16.9 Å². The van der Waals surface area contributed by atoms with Crippen LogP contribution in [0.25, 0.3) is 22.4 Å². The monoisotopic (exact) mass is 845 g/mol. The molecule has 0 fully saturated rings. The van der Waals surface area contributed by atoms with Gasteiger partial charge in [0.25, 0.3) is 5.91 Å². The van der Waals surface area contributed by atoms with E-state index in [2.05, 4.69) is 52.2 Å². The van der Waals surface area contributed by atoms with Gasteiger partial charge in [-0.1, -0.05) is 50.2 Å². The second-order valence-corrected chi connectivity index (χ2v) is 15.8. The van der Waals surface area contributed by atoms with Crippen LogP contribution in [0.5, 0.6) is 11.5 Å². The number of benzene rings is 3. The Morgan fingerprint density at radius 1 is 1.00 bits per heavy atom. The van der Waals surface area contributed by atoms with Crippen molar-refractivity contribution in [1.29, 1.82) is 5.26 Å². The molecule has 62 heavy (non-hydrogen) atoms. The average molecular weight is 846 g/mol. The number of aromatic nitrogens is 1. The summed E-state index contributed by atoms with van der Waals surface area (Å²) in [7, 11) is 1.40. The first-order valence-electron chi connectivity index (χ1n) is 20.5. The highest BCUT2D eigenvalue weighted by atomic mass is 16.5. The fourth-order valence-electron chi connectivity index (χ4n) is 7.32. The second kappa shape index (κ2) is 21.1. The van der Waals surface area contributed by atoms with Crippen molar-refractivity contribution in [3.05, 3.63) is 101 Å². The first-order chi connectivity index (χ1) is 29.6. The van der Waals surface area contributed by atoms with Gasteiger partial charge in [-0.05, 0) is 91.7 Å². The van der Waals surface area contributed by atoms with E-state index in [1.54, 1.807) is 37.3 Å². The summed E-state index contributed by atoms with van der Waals surface area (Å²) >= 11 is 0. The molecule has 0 spiro atoms. The van der Waals surface area contributed by atoms with Gasteiger partial charge in [0.05, 0.1) is 17.3 Å². The van der Waals surface area contributed by atoms with Crippen LogP contribution in [0.1, 0.15) is 65.8 Å². The van der Waals surface area contributed by atoms with Gasteiger partial charge in [0.15, 0.2) is 0 Å². The predicted molar refractivity (Wildman–Crippen MR) is 233 cm³/mol. The molecule has 4 bridgehead atoms. The topological polar surface area (TPSA) is 255 Å². The smallest absolute Gasteiger partial charge is 0.253 e. The maximum absolute atomic E-state index is 14.5. The molecule has 0 saturated carbocycles. The molecular formula is C46H55N9O7. The number of likely N-dealkylation sites (N-methyl/N-ethyl adjacent to an activating group) is 1. The van der Waals surface area contributed by atoms with E-state index in [0.29, 0.717) is 34.1 Å². The Balaban J connectivity index is 1.51. The Labute approximate surface area is 361 Å². The van der Waals surface area contributed by atoms with E-state index < -0.39 is 53.7 Å². The molecule has 2 heterocycles. The number of aryl methyl sites for hydroxylation is 1. The fourth-order valence-corrected chi connectivity index (χ4v) is 7.32. The molecular weight excluding hydrogens is 791 g/mol. The molecule has 4 unspecified atom stereocenters. The van der Waals surface area contributed by atoms with E-state index in [1.807, 2.05) is 24.3 Å². The molecule has 1 aromatic heterocycles. The van der Waals surface area contributed by atoms with Crippen LogP contribution in [0.4, 0.5) is 0 Å². The van der Waals surface area contributed by atoms with Crippen molar-refractivity contribution < 1.29 is 33.8 Å². The van der Waals surface area contributed by atoms with Crippen LogP contribution < -0.4 is 37.5 Å². The maximum Gasteiger partial charge on any atom is 0.253 e. The Morgan fingerprint density at radius 2 is 1.74 bits per heavy atom. The molecule has 1 aliphatic heterocycles. The lowest BCUT2D eigenvalue weighted by Crippen LogP contribution is -2.56. The largest absolute Gasteiger partial charge is 0.507 e. The first kappa shape index (κ1) is 46.2. The van der Waals surface area contributed by atoms with Crippen LogP contribution in [-0.4, -0.2) is 95.9 Å². The minimum absolute atomic E-state index is 0.0115. The summed E-state index contributed by atoms with van der Waals surface area (Å²) in [5, 5.41) is 30.9. The van der Waals surface area contributed by atoms with E-state index in [9.17, 15) is 29.1 Å². The highest BCUT2D eigenvalue weighted by Crippen LogP contribution is 2.39. The van der Waals surface area contributed by atoms with Crippen LogP contribution in [0.15, 0.2) is 72.9 Å². The summed E-state index contributed by atoms with van der Waals surface area (Å²) in [5.74, 6) is -2.68. The second-order valence-electron chi connectivity index (χ2n) is 15.8. The van der Waals surface area contributed by atoms with Crippen LogP contribution in [-0.2, 0) is 32.0 Å². The third kappa shape index (κ3) is 11.3. The molecule has 0 radical (unpaired) electrons. The predicted octanol–water partition coefficient (Wildman–Crippen LogP) is 2.80. The minimum Gasteiger partial charge on any atom is -0.507 e. The number of phenols is 1. The molecule has 3 aromatic carbocycles. The summed E-state index contributed by atoms with van der Waals surface area (Å²) in [6.07, 6.45) is 2.40. The van der Waals surface area contributed by atoms with Crippen molar-refractivity contribution in [3.8, 4) is 40.0 Å². The summed E-state index contributed by atoms with van der Waals surface area (Å²) in [5.41, 5.74) is 16.8. The molecule has 9 N–H and O–H groups in total. The number of nitrogens with two attached hydrogens (primary N) is 2. The number of rotatable bonds is 14. The standard InChI is InChI=1S/C46H55N9O7/c1-26(2)20-29-6-9-31(10-7-29)37-21-27(3)35(25-51-37)43(58)53-36(14-15-47)46(61)55(5)41-32-11-13-40(62-19-17-49)34(24-32)33-22-30(8-12-39(33)56)23-38(44(59)50-18-16-48)54-42(57)28(4)52-45(41)60/h6-13,21-22,24-26,28,36,38,41,56H,14-15,17-20,23,47,49H2,1-5H3,(H,50,59)(H,52,60)(H,53,58)(H,54,57). The number of aromatic hydroxyl groups is 1. The normalized spacial score (nSPS) is 16.8. The zero-order valence-electron chi connectivity index (χ0n) is 35.7. The summed E-state index contributed by atoms with van der Waals surface area (Å²) in [6, 6.07) is 16.2. The Morgan fingerprint density at radius 3 is 2.40 bits per heavy atom. The number of carbonyl (C=O) groups excluding carboxylic acids is 5. The highest BCUT2D eigenvalue weighted by Gasteiger charge is 2.36. The Kier molecular flexibility index (Phi) is 15.7. The zero-order valence-corrected chi connectivity index (χ0v) is 35.7. The van der Waals surface area contributed by atoms with Crippen molar-refractivity contribution in [2.75, 3.05) is 33.3 Å². The maximum atomic E-state index is 14.5. The molecule has 1 aliphatic rings. The number of nitriles is 1. The number of nitrogens with one attached hydrogen (secondary N) is 4. The van der Waals surface area contributed by atoms with E-state index in [1.165, 1.54) is 31.8 Å². The van der Waals surface area contributed by atoms with Gasteiger partial charge in [0.2, 0.25) is 23.6 Å². The number of fused-ring (bicyclic) bond motifs is 5. The fraction of sp³-hybridized carbons (Fsp3) is 0.370. The molecule has 326 valence electrons. The van der Waals surface area contributed by atoms with Crippen molar-refractivity contribution >= 4 is 29.5 Å². The molecule has 16 heteroatoms. The number of carbonyl (C=O) groups is 5. The van der Waals surface area contributed by atoms with Crippen LogP contribution in [0.3, 0.4) is 0 Å². The number of nitrogens with zero attached hydrogens (tertiary/aromatic N) is 3. The molecule has 5 rings (SSSR count). The Hall–Kier alpha value is -6.83. The van der Waals surface area contributed by atoms with Gasteiger partial charge in [-0.2, -0.15) is 5.26 Å². The van der Waals surface area contributed by atoms with E-state index in [-0.39, 0.29) is 61.5 Å². The van der Waals surface area contributed by atoms with Crippen molar-refractivity contribution in [1.82, 2.24) is 31.2 Å². The molecule has 16 nitrogen and oxygen atoms in total. The lowest BCUT2D eigenvalue weighted by atomic mass is 9.93. The lowest BCUT2D eigenvalue weighted by molar-refractivity contribution is -0.141. The van der Waals surface area contributed by atoms with Gasteiger partial charge in [-0.25, -0.2) is 0 Å². The highest BCUT2D eigenvalue weighted by molar-refractivity contribution is 6.00. The number of hydrogen-bond donors (Lipinski definition) is 7. The van der Waals surface area contributed by atoms with Gasteiger partial charge in [-0.15, -0.1) is 0 Å². The number of amides is 5.